The van der Waals surface area contributed by atoms with Crippen molar-refractivity contribution in [1.82, 2.24) is 4.90 Å². The first-order chi connectivity index (χ1) is 8.61. The van der Waals surface area contributed by atoms with Gasteiger partial charge in [-0.3, -0.25) is 4.90 Å². The summed E-state index contributed by atoms with van der Waals surface area (Å²) in [6.07, 6.45) is 0. The van der Waals surface area contributed by atoms with E-state index in [1.807, 2.05) is 24.8 Å². The van der Waals surface area contributed by atoms with Crippen LogP contribution in [0.3, 0.4) is 0 Å². The normalized spacial score (nSPS) is 23.0. The Morgan fingerprint density at radius 3 is 3.00 bits per heavy atom. The molecule has 0 aromatic heterocycles. The first-order valence-electron chi connectivity index (χ1n) is 6.43. The molecule has 0 bridgehead atoms. The van der Waals surface area contributed by atoms with E-state index in [4.69, 9.17) is 5.73 Å². The molecule has 18 heavy (non-hydrogen) atoms. The summed E-state index contributed by atoms with van der Waals surface area (Å²) in [5.41, 5.74) is 8.09. The van der Waals surface area contributed by atoms with E-state index >= 15 is 0 Å². The molecule has 0 radical (unpaired) electrons. The Morgan fingerprint density at radius 1 is 1.56 bits per heavy atom. The van der Waals surface area contributed by atoms with Crippen LogP contribution in [0.15, 0.2) is 18.2 Å². The van der Waals surface area contributed by atoms with Gasteiger partial charge in [-0.25, -0.2) is 4.39 Å². The summed E-state index contributed by atoms with van der Waals surface area (Å²) in [6.45, 7) is 6.87. The van der Waals surface area contributed by atoms with Crippen LogP contribution in [-0.2, 0) is 0 Å². The van der Waals surface area contributed by atoms with Crippen molar-refractivity contribution in [2.45, 2.75) is 25.1 Å². The largest absolute Gasteiger partial charge is 0.329 e. The van der Waals surface area contributed by atoms with Gasteiger partial charge >= 0.3 is 0 Å². The van der Waals surface area contributed by atoms with Crippen LogP contribution in [0.1, 0.15) is 24.1 Å². The monoisotopic (exact) mass is 268 g/mol. The summed E-state index contributed by atoms with van der Waals surface area (Å²) in [6, 6.07) is 5.14. The molecule has 1 fully saturated rings. The van der Waals surface area contributed by atoms with Gasteiger partial charge in [0.25, 0.3) is 0 Å². The van der Waals surface area contributed by atoms with Gasteiger partial charge in [-0.05, 0) is 30.2 Å². The van der Waals surface area contributed by atoms with Crippen LogP contribution < -0.4 is 5.73 Å². The standard InChI is InChI=1S/C14H21FN2S/c1-10-3-4-12(15)7-13(10)14(8-16)17-5-6-18-11(2)9-17/h3-4,7,11,14H,5-6,8-9,16H2,1-2H3. The Balaban J connectivity index is 2.24. The molecule has 4 heteroatoms. The lowest BCUT2D eigenvalue weighted by Crippen LogP contribution is -2.42. The molecule has 1 heterocycles. The summed E-state index contributed by atoms with van der Waals surface area (Å²) in [4.78, 5) is 2.39. The minimum absolute atomic E-state index is 0.143. The van der Waals surface area contributed by atoms with Crippen molar-refractivity contribution in [3.63, 3.8) is 0 Å². The van der Waals surface area contributed by atoms with Crippen LogP contribution in [0, 0.1) is 12.7 Å². The molecular weight excluding hydrogens is 247 g/mol. The number of nitrogens with two attached hydrogens (primary N) is 1. The van der Waals surface area contributed by atoms with Crippen LogP contribution >= 0.6 is 11.8 Å². The fourth-order valence-electron chi connectivity index (χ4n) is 2.57. The Hall–Kier alpha value is -0.580. The fourth-order valence-corrected chi connectivity index (χ4v) is 3.61. The molecule has 2 N–H and O–H groups in total. The third-order valence-electron chi connectivity index (χ3n) is 3.54. The number of thioether (sulfide) groups is 1. The summed E-state index contributed by atoms with van der Waals surface area (Å²) < 4.78 is 13.4. The highest BCUT2D eigenvalue weighted by molar-refractivity contribution is 7.99. The SMILES string of the molecule is Cc1ccc(F)cc1C(CN)N1CCSC(C)C1. The first-order valence-corrected chi connectivity index (χ1v) is 7.48. The molecule has 0 saturated carbocycles. The van der Waals surface area contributed by atoms with Crippen molar-refractivity contribution in [2.24, 2.45) is 5.73 Å². The molecule has 2 rings (SSSR count). The number of nitrogens with zero attached hydrogens (tertiary/aromatic N) is 1. The van der Waals surface area contributed by atoms with E-state index in [-0.39, 0.29) is 11.9 Å². The van der Waals surface area contributed by atoms with E-state index in [0.29, 0.717) is 11.8 Å². The van der Waals surface area contributed by atoms with Crippen LogP contribution in [0.4, 0.5) is 4.39 Å². The van der Waals surface area contributed by atoms with Crippen LogP contribution in [0.5, 0.6) is 0 Å². The maximum Gasteiger partial charge on any atom is 0.123 e. The van der Waals surface area contributed by atoms with Crippen molar-refractivity contribution < 1.29 is 4.39 Å². The average molecular weight is 268 g/mol. The van der Waals surface area contributed by atoms with Gasteiger partial charge in [0, 0.05) is 36.7 Å². The van der Waals surface area contributed by atoms with Crippen molar-refractivity contribution in [1.29, 1.82) is 0 Å². The van der Waals surface area contributed by atoms with E-state index < -0.39 is 0 Å². The number of rotatable bonds is 3. The summed E-state index contributed by atoms with van der Waals surface area (Å²) >= 11 is 2.00. The zero-order valence-corrected chi connectivity index (χ0v) is 11.8. The molecule has 1 aliphatic rings. The second kappa shape index (κ2) is 6.04. The number of hydrogen-bond donors (Lipinski definition) is 1. The van der Waals surface area contributed by atoms with Gasteiger partial charge in [-0.2, -0.15) is 11.8 Å². The molecule has 1 aliphatic heterocycles. The highest BCUT2D eigenvalue weighted by Gasteiger charge is 2.25. The maximum atomic E-state index is 13.4. The Morgan fingerprint density at radius 2 is 2.33 bits per heavy atom. The quantitative estimate of drug-likeness (QED) is 0.913. The van der Waals surface area contributed by atoms with Gasteiger partial charge in [0.15, 0.2) is 0 Å². The predicted octanol–water partition coefficient (Wildman–Crippen LogP) is 2.57. The highest BCUT2D eigenvalue weighted by Crippen LogP contribution is 2.28. The molecule has 0 aliphatic carbocycles. The Labute approximate surface area is 113 Å². The molecule has 0 amide bonds. The molecule has 100 valence electrons. The van der Waals surface area contributed by atoms with Crippen LogP contribution in [-0.4, -0.2) is 35.5 Å². The lowest BCUT2D eigenvalue weighted by molar-refractivity contribution is 0.210. The van der Waals surface area contributed by atoms with Crippen molar-refractivity contribution in [2.75, 3.05) is 25.4 Å². The number of hydrogen-bond acceptors (Lipinski definition) is 3. The second-order valence-corrected chi connectivity index (χ2v) is 6.48. The van der Waals surface area contributed by atoms with Gasteiger partial charge in [0.2, 0.25) is 0 Å². The Bertz CT molecular complexity index is 411. The zero-order valence-electron chi connectivity index (χ0n) is 11.0. The molecule has 2 atom stereocenters. The molecule has 2 unspecified atom stereocenters. The number of benzene rings is 1. The van der Waals surface area contributed by atoms with Crippen LogP contribution in [0.2, 0.25) is 0 Å². The molecule has 2 nitrogen and oxygen atoms in total. The summed E-state index contributed by atoms with van der Waals surface area (Å²) in [5.74, 6) is 0.958. The third-order valence-corrected chi connectivity index (χ3v) is 4.67. The van der Waals surface area contributed by atoms with Crippen molar-refractivity contribution in [3.8, 4) is 0 Å². The van der Waals surface area contributed by atoms with Crippen molar-refractivity contribution in [3.05, 3.63) is 35.1 Å². The van der Waals surface area contributed by atoms with E-state index in [0.717, 1.165) is 30.0 Å². The minimum Gasteiger partial charge on any atom is -0.329 e. The second-order valence-electron chi connectivity index (χ2n) is 4.93. The van der Waals surface area contributed by atoms with Crippen LogP contribution in [0.25, 0.3) is 0 Å². The smallest absolute Gasteiger partial charge is 0.123 e. The highest BCUT2D eigenvalue weighted by atomic mass is 32.2. The number of halogens is 1. The number of aryl methyl sites for hydroxylation is 1. The van der Waals surface area contributed by atoms with Gasteiger partial charge in [-0.1, -0.05) is 13.0 Å². The lowest BCUT2D eigenvalue weighted by atomic mass is 9.99. The van der Waals surface area contributed by atoms with E-state index in [9.17, 15) is 4.39 Å². The lowest BCUT2D eigenvalue weighted by Gasteiger charge is -2.37. The summed E-state index contributed by atoms with van der Waals surface area (Å²) in [5, 5.41) is 0.627. The molecule has 1 aromatic carbocycles. The van der Waals surface area contributed by atoms with Gasteiger partial charge < -0.3 is 5.73 Å². The third kappa shape index (κ3) is 3.05. The Kier molecular flexibility index (Phi) is 4.65. The van der Waals surface area contributed by atoms with Crippen molar-refractivity contribution >= 4 is 11.8 Å². The average Bonchev–Trinajstić information content (AvgIpc) is 2.35. The molecule has 0 spiro atoms. The minimum atomic E-state index is -0.173. The topological polar surface area (TPSA) is 29.3 Å². The van der Waals surface area contributed by atoms with Gasteiger partial charge in [0.1, 0.15) is 5.82 Å². The molecular formula is C14H21FN2S. The zero-order chi connectivity index (χ0) is 13.1. The summed E-state index contributed by atoms with van der Waals surface area (Å²) in [7, 11) is 0. The molecule has 1 saturated heterocycles. The van der Waals surface area contributed by atoms with Gasteiger partial charge in [-0.15, -0.1) is 0 Å². The first kappa shape index (κ1) is 13.8. The van der Waals surface area contributed by atoms with E-state index in [1.54, 1.807) is 6.07 Å². The molecule has 1 aromatic rings. The predicted molar refractivity (Wildman–Crippen MR) is 76.4 cm³/mol. The van der Waals surface area contributed by atoms with Gasteiger partial charge in [0.05, 0.1) is 0 Å². The maximum absolute atomic E-state index is 13.4. The van der Waals surface area contributed by atoms with E-state index in [2.05, 4.69) is 11.8 Å². The van der Waals surface area contributed by atoms with E-state index in [1.165, 1.54) is 6.07 Å². The fraction of sp³-hybridized carbons (Fsp3) is 0.571.